The summed E-state index contributed by atoms with van der Waals surface area (Å²) in [6.07, 6.45) is 1.23. The molecule has 19 heavy (non-hydrogen) atoms. The average Bonchev–Trinajstić information content (AvgIpc) is 2.87. The number of hydrogen-bond donors (Lipinski definition) is 1. The van der Waals surface area contributed by atoms with Gasteiger partial charge in [-0.1, -0.05) is 6.85 Å². The van der Waals surface area contributed by atoms with Crippen LogP contribution in [0, 0.1) is 5.89 Å². The van der Waals surface area contributed by atoms with Crippen LogP contribution in [0.15, 0.2) is 30.5 Å². The van der Waals surface area contributed by atoms with Gasteiger partial charge in [0.05, 0.1) is 15.6 Å². The maximum atomic E-state index is 11.3. The predicted molar refractivity (Wildman–Crippen MR) is 74.1 cm³/mol. The first-order valence-corrected chi connectivity index (χ1v) is 6.95. The molecule has 2 aromatic rings. The predicted octanol–water partition coefficient (Wildman–Crippen LogP) is 2.17. The highest BCUT2D eigenvalue weighted by atomic mass is 32.2. The van der Waals surface area contributed by atoms with Crippen molar-refractivity contribution in [2.45, 2.75) is 13.3 Å². The number of nitrogens with zero attached hydrogens (tertiary/aromatic N) is 1. The molecule has 104 valence electrons. The zero-order chi connectivity index (χ0) is 19.3. The van der Waals surface area contributed by atoms with Crippen LogP contribution in [0.5, 0.6) is 5.75 Å². The first kappa shape index (κ1) is 7.91. The van der Waals surface area contributed by atoms with Crippen molar-refractivity contribution in [3.63, 3.8) is 0 Å². The van der Waals surface area contributed by atoms with Gasteiger partial charge in [0.1, 0.15) is 5.75 Å². The minimum Gasteiger partial charge on any atom is -0.497 e. The van der Waals surface area contributed by atoms with Crippen LogP contribution in [-0.2, 0) is 16.6 Å². The highest BCUT2D eigenvalue weighted by Gasteiger charge is 2.13. The van der Waals surface area contributed by atoms with Gasteiger partial charge >= 0.3 is 0 Å². The van der Waals surface area contributed by atoms with E-state index in [1.54, 1.807) is 6.07 Å². The number of aromatic nitrogens is 1. The molecule has 0 fully saturated rings. The summed E-state index contributed by atoms with van der Waals surface area (Å²) in [7, 11) is -3.47. The molecule has 1 N–H and O–H groups in total. The fraction of sp³-hybridized carbons (Fsp3) is 0.385. The van der Waals surface area contributed by atoms with E-state index in [1.165, 1.54) is 31.5 Å². The van der Waals surface area contributed by atoms with Crippen LogP contribution in [0.2, 0.25) is 0 Å². The second kappa shape index (κ2) is 5.22. The third-order valence-electron chi connectivity index (χ3n) is 2.48. The quantitative estimate of drug-likeness (QED) is 0.857. The Bertz CT molecular complexity index is 892. The Morgan fingerprint density at radius 2 is 2.37 bits per heavy atom. The van der Waals surface area contributed by atoms with E-state index in [2.05, 4.69) is 0 Å². The standard InChI is InChI=1S/C13H17NO4S/c1-10(9-19(15,16)17)8-14-6-5-11-7-12(18-2)3-4-13(11)14/h3-7,10H,8-9H2,1-2H3,(H,15,16,17)/i1D3,8D2,10D. The van der Waals surface area contributed by atoms with Crippen LogP contribution in [0.25, 0.3) is 10.9 Å². The molecule has 1 unspecified atom stereocenters. The fourth-order valence-corrected chi connectivity index (χ4v) is 2.13. The number of benzene rings is 1. The lowest BCUT2D eigenvalue weighted by atomic mass is 10.2. The van der Waals surface area contributed by atoms with Crippen molar-refractivity contribution >= 4 is 21.0 Å². The highest BCUT2D eigenvalue weighted by Crippen LogP contribution is 2.22. The molecule has 1 aromatic heterocycles. The van der Waals surface area contributed by atoms with Crippen molar-refractivity contribution in [3.8, 4) is 5.75 Å². The molecule has 0 aliphatic carbocycles. The number of rotatable bonds is 5. The molecule has 1 heterocycles. The summed E-state index contributed by atoms with van der Waals surface area (Å²) in [4.78, 5) is 0. The van der Waals surface area contributed by atoms with E-state index in [4.69, 9.17) is 17.5 Å². The first-order chi connectivity index (χ1) is 11.2. The Labute approximate surface area is 121 Å². The summed E-state index contributed by atoms with van der Waals surface area (Å²) in [6.45, 7) is -6.29. The van der Waals surface area contributed by atoms with Crippen LogP contribution in [0.1, 0.15) is 15.1 Å². The highest BCUT2D eigenvalue weighted by molar-refractivity contribution is 7.85. The van der Waals surface area contributed by atoms with Gasteiger partial charge in [-0.25, -0.2) is 0 Å². The Morgan fingerprint density at radius 1 is 1.58 bits per heavy atom. The second-order valence-corrected chi connectivity index (χ2v) is 5.38. The average molecular weight is 289 g/mol. The van der Waals surface area contributed by atoms with Gasteiger partial charge in [0.2, 0.25) is 0 Å². The van der Waals surface area contributed by atoms with Gasteiger partial charge in [0.15, 0.2) is 0 Å². The molecule has 1 atom stereocenters. The zero-order valence-electron chi connectivity index (χ0n) is 16.1. The van der Waals surface area contributed by atoms with Crippen molar-refractivity contribution in [3.05, 3.63) is 30.5 Å². The molecule has 0 aliphatic heterocycles. The van der Waals surface area contributed by atoms with E-state index in [9.17, 15) is 8.42 Å². The van der Waals surface area contributed by atoms with Gasteiger partial charge < -0.3 is 9.30 Å². The number of fused-ring (bicyclic) bond motifs is 1. The van der Waals surface area contributed by atoms with Crippen molar-refractivity contribution in [1.29, 1.82) is 0 Å². The van der Waals surface area contributed by atoms with E-state index in [0.29, 0.717) is 11.1 Å². The van der Waals surface area contributed by atoms with Crippen molar-refractivity contribution in [1.82, 2.24) is 4.57 Å². The van der Waals surface area contributed by atoms with Gasteiger partial charge in [0, 0.05) is 29.1 Å². The smallest absolute Gasteiger partial charge is 0.265 e. The molecule has 2 rings (SSSR count). The summed E-state index contributed by atoms with van der Waals surface area (Å²) in [5.41, 5.74) is 0.252. The van der Waals surface area contributed by atoms with Gasteiger partial charge in [-0.3, -0.25) is 4.55 Å². The van der Waals surface area contributed by atoms with Crippen LogP contribution < -0.4 is 4.74 Å². The topological polar surface area (TPSA) is 68.5 Å². The fourth-order valence-electron chi connectivity index (χ4n) is 1.71. The van der Waals surface area contributed by atoms with Crippen molar-refractivity contribution in [2.75, 3.05) is 12.9 Å². The van der Waals surface area contributed by atoms with E-state index in [1.807, 2.05) is 0 Å². The monoisotopic (exact) mass is 289 g/mol. The maximum Gasteiger partial charge on any atom is 0.265 e. The number of ether oxygens (including phenoxy) is 1. The lowest BCUT2D eigenvalue weighted by molar-refractivity contribution is 0.415. The molecule has 0 amide bonds. The van der Waals surface area contributed by atoms with Gasteiger partial charge in [-0.05, 0) is 30.2 Å². The lowest BCUT2D eigenvalue weighted by Gasteiger charge is -2.12. The Morgan fingerprint density at radius 3 is 3.00 bits per heavy atom. The molecule has 0 radical (unpaired) electrons. The second-order valence-electron chi connectivity index (χ2n) is 3.93. The van der Waals surface area contributed by atoms with Gasteiger partial charge in [-0.15, -0.1) is 0 Å². The summed E-state index contributed by atoms with van der Waals surface area (Å²) in [5, 5.41) is 0.517. The van der Waals surface area contributed by atoms with Crippen LogP contribution in [-0.4, -0.2) is 30.4 Å². The van der Waals surface area contributed by atoms with Crippen molar-refractivity contribution in [2.24, 2.45) is 5.89 Å². The van der Waals surface area contributed by atoms with E-state index >= 15 is 0 Å². The van der Waals surface area contributed by atoms with E-state index in [0.717, 1.165) is 4.57 Å². The van der Waals surface area contributed by atoms with E-state index in [-0.39, 0.29) is 5.52 Å². The molecule has 0 aliphatic rings. The first-order valence-electron chi connectivity index (χ1n) is 8.34. The minimum absolute atomic E-state index is 0.252. The molecule has 6 heteroatoms. The number of hydrogen-bond acceptors (Lipinski definition) is 3. The van der Waals surface area contributed by atoms with Crippen LogP contribution >= 0.6 is 0 Å². The van der Waals surface area contributed by atoms with Crippen LogP contribution in [0.4, 0.5) is 0 Å². The molecular weight excluding hydrogens is 266 g/mol. The van der Waals surface area contributed by atoms with Gasteiger partial charge in [0.25, 0.3) is 10.1 Å². The Balaban J connectivity index is 2.69. The molecule has 0 saturated carbocycles. The SMILES string of the molecule is [2H]C([2H])([2H])C([2H])(CS(=O)(=O)O)C([2H])([2H])n1ccc2cc(OC)ccc21. The summed E-state index contributed by atoms with van der Waals surface area (Å²) in [6, 6.07) is 6.08. The zero-order valence-corrected chi connectivity index (χ0v) is 10.9. The molecule has 0 bridgehead atoms. The largest absolute Gasteiger partial charge is 0.497 e. The van der Waals surface area contributed by atoms with Crippen LogP contribution in [0.3, 0.4) is 0 Å². The number of methoxy groups -OCH3 is 1. The maximum absolute atomic E-state index is 11.3. The third-order valence-corrected chi connectivity index (χ3v) is 3.13. The molecule has 0 saturated heterocycles. The third kappa shape index (κ3) is 3.48. The minimum atomic E-state index is -4.92. The van der Waals surface area contributed by atoms with Crippen molar-refractivity contribution < 1.29 is 25.9 Å². The summed E-state index contributed by atoms with van der Waals surface area (Å²) >= 11 is 0. The van der Waals surface area contributed by atoms with Gasteiger partial charge in [-0.2, -0.15) is 8.42 Å². The Hall–Kier alpha value is -1.53. The normalized spacial score (nSPS) is 21.4. The Kier molecular flexibility index (Phi) is 2.18. The lowest BCUT2D eigenvalue weighted by Crippen LogP contribution is -2.17. The summed E-state index contributed by atoms with van der Waals surface area (Å²) < 4.78 is 84.6. The van der Waals surface area contributed by atoms with E-state index < -0.39 is 35.1 Å². The molecule has 1 aromatic carbocycles. The molecular formula is C13H17NO4S. The molecule has 0 spiro atoms. The summed E-state index contributed by atoms with van der Waals surface area (Å²) in [5.74, 6) is -4.23. The molecule has 5 nitrogen and oxygen atoms in total.